The van der Waals surface area contributed by atoms with Crippen LogP contribution < -0.4 is 21.5 Å². The van der Waals surface area contributed by atoms with E-state index in [-0.39, 0.29) is 18.2 Å². The molecule has 1 fully saturated rings. The minimum atomic E-state index is -0.585. The summed E-state index contributed by atoms with van der Waals surface area (Å²) in [5.74, 6) is -0.326. The number of rotatable bonds is 5. The first-order chi connectivity index (χ1) is 15.7. The van der Waals surface area contributed by atoms with Crippen molar-refractivity contribution in [1.29, 1.82) is 0 Å². The van der Waals surface area contributed by atoms with E-state index in [1.54, 1.807) is 26.8 Å². The first kappa shape index (κ1) is 23.2. The molecule has 0 radical (unpaired) electrons. The summed E-state index contributed by atoms with van der Waals surface area (Å²) in [6.45, 7) is 8.81. The van der Waals surface area contributed by atoms with E-state index >= 15 is 0 Å². The lowest BCUT2D eigenvalue weighted by Gasteiger charge is -2.29. The molecule has 2 aromatic heterocycles. The van der Waals surface area contributed by atoms with Crippen LogP contribution >= 0.6 is 11.3 Å². The zero-order valence-electron chi connectivity index (χ0n) is 19.2. The van der Waals surface area contributed by atoms with Gasteiger partial charge in [0.15, 0.2) is 10.8 Å². The molecular weight excluding hydrogens is 445 g/mol. The van der Waals surface area contributed by atoms with E-state index in [4.69, 9.17) is 0 Å². The number of fused-ring (bicyclic) bond motifs is 1. The molecule has 0 aliphatic carbocycles. The molecule has 176 valence electrons. The third-order valence-corrected chi connectivity index (χ3v) is 7.14. The standard InChI is InChI=1S/C23H28FN5O3S/c1-13(2)29-21(31)19-20(26-22(33-19)27-9-7-14(3)8-10-27)28(23(29)32)12-18(30)25-17-11-16(24)6-5-15(17)4/h5-6,11,13-14H,7-10,12H2,1-4H3,(H,25,30). The maximum atomic E-state index is 13.6. The average molecular weight is 474 g/mol. The second-order valence-corrected chi connectivity index (χ2v) is 9.94. The zero-order valence-corrected chi connectivity index (χ0v) is 20.0. The van der Waals surface area contributed by atoms with Crippen molar-refractivity contribution in [2.45, 2.75) is 53.1 Å². The predicted molar refractivity (Wildman–Crippen MR) is 129 cm³/mol. The molecular formula is C23H28FN5O3S. The molecule has 33 heavy (non-hydrogen) atoms. The molecule has 1 N–H and O–H groups in total. The molecule has 0 spiro atoms. The van der Waals surface area contributed by atoms with Crippen molar-refractivity contribution in [2.24, 2.45) is 5.92 Å². The van der Waals surface area contributed by atoms with E-state index < -0.39 is 23.0 Å². The van der Waals surface area contributed by atoms with Crippen molar-refractivity contribution < 1.29 is 9.18 Å². The summed E-state index contributed by atoms with van der Waals surface area (Å²) in [4.78, 5) is 45.9. The summed E-state index contributed by atoms with van der Waals surface area (Å²) in [6.07, 6.45) is 2.07. The number of nitrogens with zero attached hydrogens (tertiary/aromatic N) is 4. The molecule has 4 rings (SSSR count). The second kappa shape index (κ2) is 9.09. The molecule has 1 aliphatic heterocycles. The minimum Gasteiger partial charge on any atom is -0.348 e. The number of piperidine rings is 1. The van der Waals surface area contributed by atoms with Crippen molar-refractivity contribution >= 4 is 38.4 Å². The van der Waals surface area contributed by atoms with Gasteiger partial charge in [0.1, 0.15) is 17.1 Å². The average Bonchev–Trinajstić information content (AvgIpc) is 3.20. The highest BCUT2D eigenvalue weighted by molar-refractivity contribution is 7.22. The molecule has 3 heterocycles. The number of benzene rings is 1. The van der Waals surface area contributed by atoms with Crippen LogP contribution in [-0.2, 0) is 11.3 Å². The smallest absolute Gasteiger partial charge is 0.333 e. The summed E-state index contributed by atoms with van der Waals surface area (Å²) in [5, 5.41) is 3.35. The van der Waals surface area contributed by atoms with Gasteiger partial charge >= 0.3 is 5.69 Å². The fourth-order valence-corrected chi connectivity index (χ4v) is 5.09. The molecule has 10 heteroatoms. The molecule has 0 saturated carbocycles. The lowest BCUT2D eigenvalue weighted by molar-refractivity contribution is -0.116. The molecule has 3 aromatic rings. The van der Waals surface area contributed by atoms with Crippen LogP contribution in [0.3, 0.4) is 0 Å². The van der Waals surface area contributed by atoms with Crippen LogP contribution in [0.1, 0.15) is 45.2 Å². The highest BCUT2D eigenvalue weighted by Crippen LogP contribution is 2.29. The van der Waals surface area contributed by atoms with Crippen molar-refractivity contribution in [3.8, 4) is 0 Å². The summed E-state index contributed by atoms with van der Waals surface area (Å²) in [6, 6.07) is 3.74. The van der Waals surface area contributed by atoms with Crippen LogP contribution in [0.4, 0.5) is 15.2 Å². The molecule has 1 saturated heterocycles. The Balaban J connectivity index is 1.75. The second-order valence-electron chi connectivity index (χ2n) is 8.96. The van der Waals surface area contributed by atoms with Gasteiger partial charge in [0, 0.05) is 24.8 Å². The van der Waals surface area contributed by atoms with E-state index in [9.17, 15) is 18.8 Å². The Morgan fingerprint density at radius 2 is 1.97 bits per heavy atom. The van der Waals surface area contributed by atoms with Crippen molar-refractivity contribution in [3.63, 3.8) is 0 Å². The number of carbonyl (C=O) groups is 1. The van der Waals surface area contributed by atoms with E-state index in [2.05, 4.69) is 22.1 Å². The summed E-state index contributed by atoms with van der Waals surface area (Å²) in [5.41, 5.74) is 0.272. The number of nitrogens with one attached hydrogen (secondary N) is 1. The number of anilines is 2. The van der Waals surface area contributed by atoms with Crippen LogP contribution in [0.5, 0.6) is 0 Å². The minimum absolute atomic E-state index is 0.214. The van der Waals surface area contributed by atoms with Gasteiger partial charge in [-0.2, -0.15) is 0 Å². The number of carbonyl (C=O) groups excluding carboxylic acids is 1. The first-order valence-corrected chi connectivity index (χ1v) is 11.9. The molecule has 1 amide bonds. The highest BCUT2D eigenvalue weighted by Gasteiger charge is 2.24. The molecule has 1 aromatic carbocycles. The van der Waals surface area contributed by atoms with Crippen LogP contribution in [-0.4, -0.2) is 33.1 Å². The largest absolute Gasteiger partial charge is 0.348 e. The third kappa shape index (κ3) is 4.57. The number of aryl methyl sites for hydroxylation is 1. The van der Waals surface area contributed by atoms with Crippen molar-refractivity contribution in [3.05, 3.63) is 50.4 Å². The molecule has 8 nitrogen and oxygen atoms in total. The van der Waals surface area contributed by atoms with Gasteiger partial charge in [0.25, 0.3) is 5.56 Å². The third-order valence-electron chi connectivity index (χ3n) is 6.05. The van der Waals surface area contributed by atoms with E-state index in [1.165, 1.54) is 28.0 Å². The van der Waals surface area contributed by atoms with E-state index in [1.807, 2.05) is 0 Å². The molecule has 0 bridgehead atoms. The summed E-state index contributed by atoms with van der Waals surface area (Å²) in [7, 11) is 0. The zero-order chi connectivity index (χ0) is 23.9. The quantitative estimate of drug-likeness (QED) is 0.613. The highest BCUT2D eigenvalue weighted by atomic mass is 32.1. The Bertz CT molecular complexity index is 1320. The SMILES string of the molecule is Cc1ccc(F)cc1NC(=O)Cn1c(=O)n(C(C)C)c(=O)c2sc(N3CCC(C)CC3)nc21. The maximum absolute atomic E-state index is 13.6. The number of hydrogen-bond acceptors (Lipinski definition) is 6. The van der Waals surface area contributed by atoms with Crippen LogP contribution in [0, 0.1) is 18.7 Å². The number of amides is 1. The van der Waals surface area contributed by atoms with Gasteiger partial charge in [-0.05, 0) is 57.2 Å². The normalized spacial score (nSPS) is 14.9. The maximum Gasteiger partial charge on any atom is 0.333 e. The number of aromatic nitrogens is 3. The van der Waals surface area contributed by atoms with Gasteiger partial charge in [0.2, 0.25) is 5.91 Å². The van der Waals surface area contributed by atoms with Gasteiger partial charge < -0.3 is 10.2 Å². The fourth-order valence-electron chi connectivity index (χ4n) is 4.04. The van der Waals surface area contributed by atoms with Gasteiger partial charge in [-0.15, -0.1) is 0 Å². The fraction of sp³-hybridized carbons (Fsp3) is 0.478. The molecule has 0 atom stereocenters. The van der Waals surface area contributed by atoms with Crippen LogP contribution in [0.15, 0.2) is 27.8 Å². The first-order valence-electron chi connectivity index (χ1n) is 11.1. The predicted octanol–water partition coefficient (Wildman–Crippen LogP) is 3.52. The van der Waals surface area contributed by atoms with E-state index in [0.717, 1.165) is 30.5 Å². The summed E-state index contributed by atoms with van der Waals surface area (Å²) >= 11 is 1.26. The topological polar surface area (TPSA) is 89.2 Å². The van der Waals surface area contributed by atoms with Crippen LogP contribution in [0.25, 0.3) is 10.3 Å². The lowest BCUT2D eigenvalue weighted by Crippen LogP contribution is -2.42. The monoisotopic (exact) mass is 473 g/mol. The van der Waals surface area contributed by atoms with Gasteiger partial charge in [0.05, 0.1) is 0 Å². The van der Waals surface area contributed by atoms with E-state index in [0.29, 0.717) is 27.0 Å². The van der Waals surface area contributed by atoms with Gasteiger partial charge in [-0.1, -0.05) is 24.3 Å². The Morgan fingerprint density at radius 1 is 1.27 bits per heavy atom. The van der Waals surface area contributed by atoms with Crippen LogP contribution in [0.2, 0.25) is 0 Å². The lowest BCUT2D eigenvalue weighted by atomic mass is 10.00. The van der Waals surface area contributed by atoms with Gasteiger partial charge in [-0.3, -0.25) is 18.7 Å². The van der Waals surface area contributed by atoms with Crippen molar-refractivity contribution in [1.82, 2.24) is 14.1 Å². The molecule has 1 aliphatic rings. The summed E-state index contributed by atoms with van der Waals surface area (Å²) < 4.78 is 16.4. The Labute approximate surface area is 194 Å². The number of halogens is 1. The van der Waals surface area contributed by atoms with Gasteiger partial charge in [-0.25, -0.2) is 14.2 Å². The Morgan fingerprint density at radius 3 is 2.64 bits per heavy atom. The van der Waals surface area contributed by atoms with Crippen molar-refractivity contribution in [2.75, 3.05) is 23.3 Å². The number of hydrogen-bond donors (Lipinski definition) is 1. The Hall–Kier alpha value is -3.01. The number of thiazole rings is 1. The Kier molecular flexibility index (Phi) is 6.38. The molecule has 0 unspecified atom stereocenters.